The minimum absolute atomic E-state index is 0.201. The van der Waals surface area contributed by atoms with Gasteiger partial charge in [-0.2, -0.15) is 4.31 Å². The van der Waals surface area contributed by atoms with Gasteiger partial charge in [0.1, 0.15) is 6.04 Å². The number of benzene rings is 2. The number of rotatable bonds is 4. The van der Waals surface area contributed by atoms with E-state index >= 15 is 0 Å². The summed E-state index contributed by atoms with van der Waals surface area (Å²) in [6, 6.07) is 11.5. The lowest BCUT2D eigenvalue weighted by atomic mass is 10.1. The predicted octanol–water partition coefficient (Wildman–Crippen LogP) is 3.86. The molecule has 7 heteroatoms. The number of halogens is 1. The molecule has 0 spiro atoms. The van der Waals surface area contributed by atoms with Crippen LogP contribution < -0.4 is 5.32 Å². The smallest absolute Gasteiger partial charge is 0.243 e. The minimum atomic E-state index is -3.71. The maximum Gasteiger partial charge on any atom is 0.243 e. The van der Waals surface area contributed by atoms with E-state index in [-0.39, 0.29) is 10.8 Å². The van der Waals surface area contributed by atoms with Crippen LogP contribution in [0.15, 0.2) is 51.8 Å². The molecule has 2 aromatic carbocycles. The van der Waals surface area contributed by atoms with Crippen LogP contribution in [0.3, 0.4) is 0 Å². The summed E-state index contributed by atoms with van der Waals surface area (Å²) < 4.78 is 28.0. The van der Waals surface area contributed by atoms with Crippen LogP contribution in [0, 0.1) is 13.8 Å². The van der Waals surface area contributed by atoms with E-state index in [0.717, 1.165) is 15.6 Å². The van der Waals surface area contributed by atoms with Crippen molar-refractivity contribution >= 4 is 37.5 Å². The molecular formula is C19H21BrN2O3S. The molecule has 0 aliphatic carbocycles. The van der Waals surface area contributed by atoms with Crippen LogP contribution in [-0.4, -0.2) is 31.2 Å². The fourth-order valence-corrected chi connectivity index (χ4v) is 5.00. The number of anilines is 1. The number of nitrogens with one attached hydrogen (secondary N) is 1. The molecule has 0 radical (unpaired) electrons. The highest BCUT2D eigenvalue weighted by atomic mass is 79.9. The standard InChI is InChI=1S/C19H21BrN2O3S/c1-13-5-8-16(12-14(13)2)21-19(23)18-4-3-11-22(18)26(24,25)17-9-6-15(20)7-10-17/h5-10,12,18H,3-4,11H2,1-2H3,(H,21,23). The Morgan fingerprint density at radius 2 is 1.81 bits per heavy atom. The van der Waals surface area contributed by atoms with Crippen molar-refractivity contribution in [3.05, 3.63) is 58.1 Å². The van der Waals surface area contributed by atoms with Crippen LogP contribution in [0.5, 0.6) is 0 Å². The Kier molecular flexibility index (Phi) is 5.50. The zero-order valence-corrected chi connectivity index (χ0v) is 17.1. The molecule has 1 N–H and O–H groups in total. The maximum absolute atomic E-state index is 12.9. The molecule has 3 rings (SSSR count). The molecule has 0 bridgehead atoms. The summed E-state index contributed by atoms with van der Waals surface area (Å²) in [4.78, 5) is 12.9. The van der Waals surface area contributed by atoms with Crippen molar-refractivity contribution in [2.75, 3.05) is 11.9 Å². The molecule has 0 saturated carbocycles. The van der Waals surface area contributed by atoms with Crippen molar-refractivity contribution in [1.29, 1.82) is 0 Å². The molecule has 1 unspecified atom stereocenters. The van der Waals surface area contributed by atoms with Gasteiger partial charge < -0.3 is 5.32 Å². The molecule has 1 aliphatic heterocycles. The van der Waals surface area contributed by atoms with Crippen molar-refractivity contribution in [2.24, 2.45) is 0 Å². The van der Waals surface area contributed by atoms with Gasteiger partial charge in [0.25, 0.3) is 0 Å². The lowest BCUT2D eigenvalue weighted by molar-refractivity contribution is -0.119. The summed E-state index contributed by atoms with van der Waals surface area (Å²) in [6.45, 7) is 4.33. The summed E-state index contributed by atoms with van der Waals surface area (Å²) in [7, 11) is -3.71. The van der Waals surface area contributed by atoms with Gasteiger partial charge in [0, 0.05) is 16.7 Å². The Hall–Kier alpha value is -1.70. The molecule has 2 aromatic rings. The molecule has 1 saturated heterocycles. The van der Waals surface area contributed by atoms with Gasteiger partial charge in [0.05, 0.1) is 4.90 Å². The molecule has 5 nitrogen and oxygen atoms in total. The van der Waals surface area contributed by atoms with E-state index in [1.165, 1.54) is 4.31 Å². The Labute approximate surface area is 162 Å². The first kappa shape index (κ1) is 19.1. The molecule has 26 heavy (non-hydrogen) atoms. The molecule has 1 atom stereocenters. The van der Waals surface area contributed by atoms with Crippen LogP contribution in [0.1, 0.15) is 24.0 Å². The number of hydrogen-bond donors (Lipinski definition) is 1. The molecule has 1 heterocycles. The zero-order chi connectivity index (χ0) is 18.9. The van der Waals surface area contributed by atoms with Gasteiger partial charge in [0.2, 0.25) is 15.9 Å². The number of nitrogens with zero attached hydrogens (tertiary/aromatic N) is 1. The fraction of sp³-hybridized carbons (Fsp3) is 0.316. The van der Waals surface area contributed by atoms with Crippen LogP contribution >= 0.6 is 15.9 Å². The predicted molar refractivity (Wildman–Crippen MR) is 106 cm³/mol. The van der Waals surface area contributed by atoms with Gasteiger partial charge in [-0.15, -0.1) is 0 Å². The van der Waals surface area contributed by atoms with Crippen molar-refractivity contribution < 1.29 is 13.2 Å². The summed E-state index contributed by atoms with van der Waals surface area (Å²) in [5.74, 6) is -0.286. The monoisotopic (exact) mass is 436 g/mol. The van der Waals surface area contributed by atoms with Gasteiger partial charge in [-0.3, -0.25) is 4.79 Å². The Morgan fingerprint density at radius 3 is 2.46 bits per heavy atom. The lowest BCUT2D eigenvalue weighted by Gasteiger charge is -2.23. The molecular weight excluding hydrogens is 416 g/mol. The topological polar surface area (TPSA) is 66.5 Å². The number of sulfonamides is 1. The normalized spacial score (nSPS) is 18.0. The lowest BCUT2D eigenvalue weighted by Crippen LogP contribution is -2.43. The maximum atomic E-state index is 12.9. The summed E-state index contributed by atoms with van der Waals surface area (Å²) >= 11 is 3.31. The first-order valence-corrected chi connectivity index (χ1v) is 10.7. The third-order valence-corrected chi connectivity index (χ3v) is 7.15. The first-order chi connectivity index (χ1) is 12.3. The molecule has 1 amide bonds. The van der Waals surface area contributed by atoms with Gasteiger partial charge in [0.15, 0.2) is 0 Å². The van der Waals surface area contributed by atoms with Crippen molar-refractivity contribution in [1.82, 2.24) is 4.31 Å². The van der Waals surface area contributed by atoms with E-state index in [9.17, 15) is 13.2 Å². The summed E-state index contributed by atoms with van der Waals surface area (Å²) in [5, 5.41) is 2.86. The number of amides is 1. The minimum Gasteiger partial charge on any atom is -0.325 e. The van der Waals surface area contributed by atoms with E-state index in [1.807, 2.05) is 32.0 Å². The molecule has 0 aromatic heterocycles. The molecule has 1 fully saturated rings. The van der Waals surface area contributed by atoms with Gasteiger partial charge in [-0.05, 0) is 74.2 Å². The van der Waals surface area contributed by atoms with E-state index in [4.69, 9.17) is 0 Å². The number of carbonyl (C=O) groups excluding carboxylic acids is 1. The Balaban J connectivity index is 1.81. The van der Waals surface area contributed by atoms with E-state index in [0.29, 0.717) is 25.1 Å². The van der Waals surface area contributed by atoms with E-state index < -0.39 is 16.1 Å². The highest BCUT2D eigenvalue weighted by Gasteiger charge is 2.39. The molecule has 138 valence electrons. The van der Waals surface area contributed by atoms with Crippen molar-refractivity contribution in [2.45, 2.75) is 37.6 Å². The second-order valence-corrected chi connectivity index (χ2v) is 9.32. The van der Waals surface area contributed by atoms with Crippen LogP contribution in [0.4, 0.5) is 5.69 Å². The fourth-order valence-electron chi connectivity index (χ4n) is 3.08. The van der Waals surface area contributed by atoms with Crippen LogP contribution in [0.2, 0.25) is 0 Å². The highest BCUT2D eigenvalue weighted by Crippen LogP contribution is 2.28. The van der Waals surface area contributed by atoms with Crippen molar-refractivity contribution in [3.63, 3.8) is 0 Å². The number of carbonyl (C=O) groups is 1. The van der Waals surface area contributed by atoms with Gasteiger partial charge in [-0.1, -0.05) is 22.0 Å². The van der Waals surface area contributed by atoms with Crippen molar-refractivity contribution in [3.8, 4) is 0 Å². The third kappa shape index (κ3) is 3.84. The SMILES string of the molecule is Cc1ccc(NC(=O)C2CCCN2S(=O)(=O)c2ccc(Br)cc2)cc1C. The average Bonchev–Trinajstić information content (AvgIpc) is 3.09. The second kappa shape index (κ2) is 7.50. The Morgan fingerprint density at radius 1 is 1.12 bits per heavy atom. The molecule has 1 aliphatic rings. The quantitative estimate of drug-likeness (QED) is 0.790. The van der Waals surface area contributed by atoms with E-state index in [2.05, 4.69) is 21.2 Å². The number of hydrogen-bond acceptors (Lipinski definition) is 3. The van der Waals surface area contributed by atoms with E-state index in [1.54, 1.807) is 24.3 Å². The summed E-state index contributed by atoms with van der Waals surface area (Å²) in [6.07, 6.45) is 1.19. The second-order valence-electron chi connectivity index (χ2n) is 6.52. The van der Waals surface area contributed by atoms with Crippen LogP contribution in [-0.2, 0) is 14.8 Å². The first-order valence-electron chi connectivity index (χ1n) is 8.44. The third-order valence-electron chi connectivity index (χ3n) is 4.70. The zero-order valence-electron chi connectivity index (χ0n) is 14.7. The largest absolute Gasteiger partial charge is 0.325 e. The Bertz CT molecular complexity index is 926. The summed E-state index contributed by atoms with van der Waals surface area (Å²) in [5.41, 5.74) is 2.91. The van der Waals surface area contributed by atoms with Gasteiger partial charge in [-0.25, -0.2) is 8.42 Å². The van der Waals surface area contributed by atoms with Crippen LogP contribution in [0.25, 0.3) is 0 Å². The average molecular weight is 437 g/mol. The van der Waals surface area contributed by atoms with Gasteiger partial charge >= 0.3 is 0 Å². The highest BCUT2D eigenvalue weighted by molar-refractivity contribution is 9.10. The number of aryl methyl sites for hydroxylation is 2.